The van der Waals surface area contributed by atoms with Crippen LogP contribution >= 0.6 is 0 Å². The molecule has 3 nitrogen and oxygen atoms in total. The molecule has 0 radical (unpaired) electrons. The maximum absolute atomic E-state index is 10.7. The average molecular weight is 322 g/mol. The molecule has 2 aliphatic rings. The van der Waals surface area contributed by atoms with Crippen LogP contribution in [-0.2, 0) is 0 Å². The summed E-state index contributed by atoms with van der Waals surface area (Å²) < 4.78 is 0. The van der Waals surface area contributed by atoms with E-state index in [2.05, 4.69) is 33.9 Å². The number of fused-ring (bicyclic) bond motifs is 1. The summed E-state index contributed by atoms with van der Waals surface area (Å²) in [5.41, 5.74) is -0.120. The van der Waals surface area contributed by atoms with Gasteiger partial charge in [-0.25, -0.2) is 0 Å². The molecule has 0 aromatic heterocycles. The molecule has 0 aromatic carbocycles. The highest BCUT2D eigenvalue weighted by Gasteiger charge is 2.58. The van der Waals surface area contributed by atoms with Crippen LogP contribution in [0.5, 0.6) is 0 Å². The van der Waals surface area contributed by atoms with Gasteiger partial charge in [0.05, 0.1) is 17.8 Å². The summed E-state index contributed by atoms with van der Waals surface area (Å²) in [7, 11) is 0. The van der Waals surface area contributed by atoms with Gasteiger partial charge in [0, 0.05) is 0 Å². The molecule has 0 aliphatic heterocycles. The standard InChI is InChI=1S/C20H34O3/c1-7-19(5,23)9-8-15-13(2)10-16(22)17-18(3,4)11-14(21)12-20(15,17)6/h7,14-17,21-23H,1-2,8-12H2,3-6H3/t14-,15-,16-,17-,19+,20+/m0/s1. The molecule has 0 bridgehead atoms. The van der Waals surface area contributed by atoms with Gasteiger partial charge in [0.25, 0.3) is 0 Å². The minimum absolute atomic E-state index is 0.105. The van der Waals surface area contributed by atoms with E-state index >= 15 is 0 Å². The van der Waals surface area contributed by atoms with Crippen LogP contribution in [0.15, 0.2) is 24.8 Å². The molecule has 0 amide bonds. The Balaban J connectivity index is 2.33. The normalized spacial score (nSPS) is 42.7. The monoisotopic (exact) mass is 322 g/mol. The van der Waals surface area contributed by atoms with Crippen LogP contribution in [0.25, 0.3) is 0 Å². The highest BCUT2D eigenvalue weighted by atomic mass is 16.3. The first-order chi connectivity index (χ1) is 10.4. The quantitative estimate of drug-likeness (QED) is 0.695. The SMILES string of the molecule is C=C[C@@](C)(O)CC[C@H]1C(=C)C[C@H](O)[C@H]2C(C)(C)C[C@H](O)C[C@]12C. The van der Waals surface area contributed by atoms with E-state index < -0.39 is 11.7 Å². The molecule has 0 heterocycles. The van der Waals surface area contributed by atoms with E-state index in [0.717, 1.165) is 18.4 Å². The molecule has 2 aliphatic carbocycles. The Morgan fingerprint density at radius 2 is 1.87 bits per heavy atom. The van der Waals surface area contributed by atoms with Crippen LogP contribution in [0.2, 0.25) is 0 Å². The van der Waals surface area contributed by atoms with E-state index in [9.17, 15) is 15.3 Å². The molecule has 23 heavy (non-hydrogen) atoms. The summed E-state index contributed by atoms with van der Waals surface area (Å²) >= 11 is 0. The van der Waals surface area contributed by atoms with Gasteiger partial charge in [-0.05, 0) is 61.7 Å². The smallest absolute Gasteiger partial charge is 0.0797 e. The third kappa shape index (κ3) is 3.42. The van der Waals surface area contributed by atoms with Crippen LogP contribution in [0.3, 0.4) is 0 Å². The second kappa shape index (κ2) is 6.02. The molecule has 2 fully saturated rings. The van der Waals surface area contributed by atoms with Crippen LogP contribution in [0.1, 0.15) is 59.8 Å². The van der Waals surface area contributed by atoms with E-state index in [1.165, 1.54) is 0 Å². The van der Waals surface area contributed by atoms with E-state index in [-0.39, 0.29) is 28.8 Å². The molecular weight excluding hydrogens is 288 g/mol. The second-order valence-corrected chi connectivity index (χ2v) is 9.12. The predicted molar refractivity (Wildman–Crippen MR) is 93.9 cm³/mol. The van der Waals surface area contributed by atoms with Gasteiger partial charge >= 0.3 is 0 Å². The molecule has 3 N–H and O–H groups in total. The highest BCUT2D eigenvalue weighted by Crippen LogP contribution is 2.61. The summed E-state index contributed by atoms with van der Waals surface area (Å²) in [5.74, 6) is 0.346. The van der Waals surface area contributed by atoms with Crippen molar-refractivity contribution in [3.63, 3.8) is 0 Å². The van der Waals surface area contributed by atoms with Crippen molar-refractivity contribution in [2.45, 2.75) is 77.6 Å². The number of aliphatic hydroxyl groups excluding tert-OH is 2. The van der Waals surface area contributed by atoms with Gasteiger partial charge in [-0.1, -0.05) is 39.0 Å². The van der Waals surface area contributed by atoms with E-state index in [4.69, 9.17) is 0 Å². The predicted octanol–water partition coefficient (Wildman–Crippen LogP) is 3.44. The maximum atomic E-state index is 10.7. The van der Waals surface area contributed by atoms with Crippen LogP contribution in [-0.4, -0.2) is 33.1 Å². The van der Waals surface area contributed by atoms with Crippen LogP contribution in [0.4, 0.5) is 0 Å². The molecule has 2 saturated carbocycles. The Bertz CT molecular complexity index is 479. The zero-order chi connectivity index (χ0) is 17.6. The summed E-state index contributed by atoms with van der Waals surface area (Å²) in [6.45, 7) is 16.2. The zero-order valence-corrected chi connectivity index (χ0v) is 15.2. The minimum Gasteiger partial charge on any atom is -0.393 e. The molecule has 0 saturated heterocycles. The molecule has 132 valence electrons. The van der Waals surface area contributed by atoms with E-state index in [0.29, 0.717) is 19.3 Å². The average Bonchev–Trinajstić information content (AvgIpc) is 2.34. The van der Waals surface area contributed by atoms with E-state index in [1.54, 1.807) is 13.0 Å². The molecular formula is C20H34O3. The fraction of sp³-hybridized carbons (Fsp3) is 0.800. The maximum Gasteiger partial charge on any atom is 0.0797 e. The highest BCUT2D eigenvalue weighted by molar-refractivity contribution is 5.19. The Labute approximate surface area is 141 Å². The van der Waals surface area contributed by atoms with Crippen molar-refractivity contribution in [2.75, 3.05) is 0 Å². The molecule has 6 atom stereocenters. The number of rotatable bonds is 4. The van der Waals surface area contributed by atoms with Gasteiger partial charge in [-0.2, -0.15) is 0 Å². The number of hydrogen-bond donors (Lipinski definition) is 3. The third-order valence-corrected chi connectivity index (χ3v) is 6.51. The van der Waals surface area contributed by atoms with Gasteiger partial charge in [0.2, 0.25) is 0 Å². The summed E-state index contributed by atoms with van der Waals surface area (Å²) in [6, 6.07) is 0. The fourth-order valence-electron chi connectivity index (χ4n) is 5.72. The number of aliphatic hydroxyl groups is 3. The lowest BCUT2D eigenvalue weighted by Gasteiger charge is -2.60. The second-order valence-electron chi connectivity index (χ2n) is 9.12. The lowest BCUT2D eigenvalue weighted by atomic mass is 9.45. The molecule has 2 rings (SSSR count). The van der Waals surface area contributed by atoms with Crippen LogP contribution < -0.4 is 0 Å². The first-order valence-corrected chi connectivity index (χ1v) is 8.83. The molecule has 0 spiro atoms. The van der Waals surface area contributed by atoms with Gasteiger partial charge < -0.3 is 15.3 Å². The Kier molecular flexibility index (Phi) is 4.89. The van der Waals surface area contributed by atoms with Crippen molar-refractivity contribution in [2.24, 2.45) is 22.7 Å². The lowest BCUT2D eigenvalue weighted by Crippen LogP contribution is -2.58. The van der Waals surface area contributed by atoms with Gasteiger partial charge in [-0.3, -0.25) is 0 Å². The Morgan fingerprint density at radius 3 is 2.43 bits per heavy atom. The number of hydrogen-bond acceptors (Lipinski definition) is 3. The van der Waals surface area contributed by atoms with Crippen molar-refractivity contribution in [1.29, 1.82) is 0 Å². The summed E-state index contributed by atoms with van der Waals surface area (Å²) in [5, 5.41) is 31.5. The minimum atomic E-state index is -0.884. The molecule has 3 heteroatoms. The van der Waals surface area contributed by atoms with Gasteiger partial charge in [0.1, 0.15) is 0 Å². The Morgan fingerprint density at radius 1 is 1.26 bits per heavy atom. The van der Waals surface area contributed by atoms with Crippen molar-refractivity contribution in [3.05, 3.63) is 24.8 Å². The van der Waals surface area contributed by atoms with Crippen molar-refractivity contribution >= 4 is 0 Å². The first-order valence-electron chi connectivity index (χ1n) is 8.83. The van der Waals surface area contributed by atoms with Crippen molar-refractivity contribution in [1.82, 2.24) is 0 Å². The first kappa shape index (κ1) is 18.7. The van der Waals surface area contributed by atoms with Gasteiger partial charge in [0.15, 0.2) is 0 Å². The topological polar surface area (TPSA) is 60.7 Å². The fourth-order valence-corrected chi connectivity index (χ4v) is 5.72. The van der Waals surface area contributed by atoms with Crippen molar-refractivity contribution < 1.29 is 15.3 Å². The summed E-state index contributed by atoms with van der Waals surface area (Å²) in [6.07, 6.45) is 4.33. The largest absolute Gasteiger partial charge is 0.393 e. The zero-order valence-electron chi connectivity index (χ0n) is 15.2. The van der Waals surface area contributed by atoms with E-state index in [1.807, 2.05) is 0 Å². The van der Waals surface area contributed by atoms with Crippen LogP contribution in [0, 0.1) is 22.7 Å². The third-order valence-electron chi connectivity index (χ3n) is 6.51. The molecule has 0 unspecified atom stereocenters. The summed E-state index contributed by atoms with van der Waals surface area (Å²) in [4.78, 5) is 0. The molecule has 0 aromatic rings. The lowest BCUT2D eigenvalue weighted by molar-refractivity contribution is -0.154. The van der Waals surface area contributed by atoms with Crippen molar-refractivity contribution in [3.8, 4) is 0 Å². The van der Waals surface area contributed by atoms with Gasteiger partial charge in [-0.15, -0.1) is 6.58 Å². The Hall–Kier alpha value is -0.640.